The minimum absolute atomic E-state index is 0.163. The molecule has 32 heavy (non-hydrogen) atoms. The van der Waals surface area contributed by atoms with Gasteiger partial charge in [0.15, 0.2) is 0 Å². The van der Waals surface area contributed by atoms with E-state index in [4.69, 9.17) is 4.74 Å². The topological polar surface area (TPSA) is 123 Å². The molecule has 3 amide bonds. The number of benzene rings is 1. The van der Waals surface area contributed by atoms with Gasteiger partial charge in [-0.2, -0.15) is 0 Å². The second-order valence-corrected chi connectivity index (χ2v) is 8.61. The Bertz CT molecular complexity index is 838. The lowest BCUT2D eigenvalue weighted by Gasteiger charge is -2.53. The molecule has 0 bridgehead atoms. The molecule has 0 unspecified atom stereocenters. The van der Waals surface area contributed by atoms with Gasteiger partial charge in [0.1, 0.15) is 5.54 Å². The smallest absolute Gasteiger partial charge is 0.408 e. The van der Waals surface area contributed by atoms with E-state index in [0.717, 1.165) is 10.6 Å². The number of hydrogen-bond donors (Lipinski definition) is 3. The van der Waals surface area contributed by atoms with Crippen LogP contribution in [0.2, 0.25) is 0 Å². The van der Waals surface area contributed by atoms with Crippen molar-refractivity contribution in [2.24, 2.45) is 11.8 Å². The number of piperazine rings is 1. The summed E-state index contributed by atoms with van der Waals surface area (Å²) in [4.78, 5) is 44.2. The first-order valence-electron chi connectivity index (χ1n) is 11.1. The van der Waals surface area contributed by atoms with E-state index in [1.807, 2.05) is 30.3 Å². The van der Waals surface area contributed by atoms with Gasteiger partial charge in [-0.3, -0.25) is 19.7 Å². The number of anilines is 1. The van der Waals surface area contributed by atoms with E-state index in [9.17, 15) is 24.7 Å². The number of para-hydroxylation sites is 1. The van der Waals surface area contributed by atoms with Gasteiger partial charge in [-0.15, -0.1) is 0 Å². The van der Waals surface area contributed by atoms with Gasteiger partial charge in [0, 0.05) is 50.9 Å². The highest BCUT2D eigenvalue weighted by Gasteiger charge is 2.62. The fourth-order valence-electron chi connectivity index (χ4n) is 5.59. The van der Waals surface area contributed by atoms with E-state index in [0.29, 0.717) is 52.0 Å². The molecular weight excluding hydrogens is 416 g/mol. The molecule has 0 radical (unpaired) electrons. The molecule has 3 heterocycles. The van der Waals surface area contributed by atoms with Gasteiger partial charge in [-0.1, -0.05) is 18.2 Å². The fraction of sp³-hybridized carbons (Fsp3) is 0.591. The van der Waals surface area contributed by atoms with E-state index in [1.54, 1.807) is 10.4 Å². The van der Waals surface area contributed by atoms with Gasteiger partial charge in [0.05, 0.1) is 12.5 Å². The highest BCUT2D eigenvalue weighted by molar-refractivity contribution is 5.97. The molecule has 3 atom stereocenters. The molecule has 10 nitrogen and oxygen atoms in total. The number of piperidine rings is 1. The van der Waals surface area contributed by atoms with Gasteiger partial charge in [-0.25, -0.2) is 10.3 Å². The maximum Gasteiger partial charge on any atom is 0.408 e. The van der Waals surface area contributed by atoms with Crippen LogP contribution >= 0.6 is 0 Å². The van der Waals surface area contributed by atoms with Gasteiger partial charge in [0.25, 0.3) is 0 Å². The van der Waals surface area contributed by atoms with Crippen molar-refractivity contribution in [1.29, 1.82) is 0 Å². The monoisotopic (exact) mass is 446 g/mol. The summed E-state index contributed by atoms with van der Waals surface area (Å²) < 4.78 is 5.54. The Labute approximate surface area is 186 Å². The quantitative estimate of drug-likeness (QED) is 0.466. The summed E-state index contributed by atoms with van der Waals surface area (Å²) in [5.41, 5.74) is 1.16. The van der Waals surface area contributed by atoms with Crippen LogP contribution in [0.3, 0.4) is 0 Å². The number of rotatable bonds is 4. The van der Waals surface area contributed by atoms with Gasteiger partial charge in [-0.05, 0) is 31.4 Å². The molecule has 0 spiro atoms. The third-order valence-corrected chi connectivity index (χ3v) is 7.09. The zero-order valence-corrected chi connectivity index (χ0v) is 18.0. The van der Waals surface area contributed by atoms with Crippen LogP contribution in [-0.2, 0) is 14.3 Å². The number of nitrogens with one attached hydrogen (secondary N) is 1. The van der Waals surface area contributed by atoms with E-state index in [-0.39, 0.29) is 19.1 Å². The maximum atomic E-state index is 14.1. The zero-order chi connectivity index (χ0) is 22.7. The molecule has 1 aromatic carbocycles. The van der Waals surface area contributed by atoms with Crippen LogP contribution in [-0.4, -0.2) is 89.5 Å². The standard InChI is InChI=1S/C22H30N4O6/c27-19(23-31)18-7-4-9-26(21(29)30)22(18,16-8-14-32-15-16)20(28)25-12-10-24(11-13-25)17-5-2-1-3-6-17/h1-3,5-6,16,18,31H,4,7-15H2,(H,23,27)(H,29,30)/t16-,18-,22+/m1/s1. The average molecular weight is 447 g/mol. The molecule has 1 aromatic rings. The number of nitrogens with zero attached hydrogens (tertiary/aromatic N) is 3. The van der Waals surface area contributed by atoms with Crippen LogP contribution in [0.4, 0.5) is 10.5 Å². The number of amides is 3. The van der Waals surface area contributed by atoms with E-state index < -0.39 is 29.4 Å². The second kappa shape index (κ2) is 9.33. The number of hydrogen-bond acceptors (Lipinski definition) is 6. The molecule has 0 saturated carbocycles. The van der Waals surface area contributed by atoms with E-state index in [2.05, 4.69) is 4.90 Å². The van der Waals surface area contributed by atoms with Crippen LogP contribution in [0.15, 0.2) is 30.3 Å². The van der Waals surface area contributed by atoms with Crippen molar-refractivity contribution in [2.45, 2.75) is 24.8 Å². The molecule has 10 heteroatoms. The normalized spacial score (nSPS) is 28.5. The molecule has 3 fully saturated rings. The van der Waals surface area contributed by atoms with Crippen LogP contribution in [0.5, 0.6) is 0 Å². The Balaban J connectivity index is 1.66. The highest BCUT2D eigenvalue weighted by atomic mass is 16.5. The minimum Gasteiger partial charge on any atom is -0.465 e. The van der Waals surface area contributed by atoms with Gasteiger partial charge in [0.2, 0.25) is 11.8 Å². The van der Waals surface area contributed by atoms with Gasteiger partial charge >= 0.3 is 6.09 Å². The zero-order valence-electron chi connectivity index (χ0n) is 18.0. The maximum absolute atomic E-state index is 14.1. The first kappa shape index (κ1) is 22.3. The average Bonchev–Trinajstić information content (AvgIpc) is 3.38. The predicted octanol–water partition coefficient (Wildman–Crippen LogP) is 1.01. The molecule has 3 saturated heterocycles. The number of ether oxygens (including phenoxy) is 1. The molecule has 0 aliphatic carbocycles. The lowest BCUT2D eigenvalue weighted by atomic mass is 9.66. The Morgan fingerprint density at radius 1 is 1.03 bits per heavy atom. The molecular formula is C22H30N4O6. The number of carbonyl (C=O) groups is 3. The molecule has 4 rings (SSSR count). The third-order valence-electron chi connectivity index (χ3n) is 7.09. The molecule has 174 valence electrons. The van der Waals surface area contributed by atoms with Crippen LogP contribution in [0.1, 0.15) is 19.3 Å². The van der Waals surface area contributed by atoms with Crippen LogP contribution in [0, 0.1) is 11.8 Å². The molecule has 0 aromatic heterocycles. The molecule has 3 N–H and O–H groups in total. The van der Waals surface area contributed by atoms with Crippen molar-refractivity contribution in [3.8, 4) is 0 Å². The summed E-state index contributed by atoms with van der Waals surface area (Å²) in [7, 11) is 0. The first-order valence-corrected chi connectivity index (χ1v) is 11.1. The van der Waals surface area contributed by atoms with Crippen molar-refractivity contribution < 1.29 is 29.4 Å². The van der Waals surface area contributed by atoms with Gasteiger partial charge < -0.3 is 19.6 Å². The fourth-order valence-corrected chi connectivity index (χ4v) is 5.59. The Morgan fingerprint density at radius 2 is 1.75 bits per heavy atom. The largest absolute Gasteiger partial charge is 0.465 e. The Hall–Kier alpha value is -2.85. The summed E-state index contributed by atoms with van der Waals surface area (Å²) >= 11 is 0. The predicted molar refractivity (Wildman–Crippen MR) is 114 cm³/mol. The SMILES string of the molecule is O=C(NO)[C@H]1CCCN(C(=O)O)[C@@]1(C(=O)N1CCN(c2ccccc2)CC1)[C@@H]1CCOC1. The number of carboxylic acid groups (broad SMARTS) is 1. The summed E-state index contributed by atoms with van der Waals surface area (Å²) in [6, 6.07) is 9.92. The van der Waals surface area contributed by atoms with E-state index >= 15 is 0 Å². The Kier molecular flexibility index (Phi) is 6.52. The van der Waals surface area contributed by atoms with Crippen molar-refractivity contribution in [2.75, 3.05) is 50.8 Å². The first-order chi connectivity index (χ1) is 15.5. The van der Waals surface area contributed by atoms with Crippen molar-refractivity contribution in [1.82, 2.24) is 15.3 Å². The summed E-state index contributed by atoms with van der Waals surface area (Å²) in [5, 5.41) is 19.5. The lowest BCUT2D eigenvalue weighted by molar-refractivity contribution is -0.165. The summed E-state index contributed by atoms with van der Waals surface area (Å²) in [5.74, 6) is -2.53. The van der Waals surface area contributed by atoms with Crippen LogP contribution in [0.25, 0.3) is 0 Å². The summed E-state index contributed by atoms with van der Waals surface area (Å²) in [6.07, 6.45) is 0.00918. The van der Waals surface area contributed by atoms with Crippen molar-refractivity contribution in [3.63, 3.8) is 0 Å². The highest BCUT2D eigenvalue weighted by Crippen LogP contribution is 2.45. The second-order valence-electron chi connectivity index (χ2n) is 8.61. The number of carbonyl (C=O) groups excluding carboxylic acids is 2. The summed E-state index contributed by atoms with van der Waals surface area (Å²) in [6.45, 7) is 2.83. The molecule has 3 aliphatic heterocycles. The van der Waals surface area contributed by atoms with Crippen LogP contribution < -0.4 is 10.4 Å². The molecule has 3 aliphatic rings. The third kappa shape index (κ3) is 3.77. The van der Waals surface area contributed by atoms with Crippen molar-refractivity contribution in [3.05, 3.63) is 30.3 Å². The number of likely N-dealkylation sites (tertiary alicyclic amines) is 1. The lowest BCUT2D eigenvalue weighted by Crippen LogP contribution is -2.73. The number of hydroxylamine groups is 1. The van der Waals surface area contributed by atoms with E-state index in [1.165, 1.54) is 0 Å². The van der Waals surface area contributed by atoms with Crippen molar-refractivity contribution >= 4 is 23.6 Å². The Morgan fingerprint density at radius 3 is 2.34 bits per heavy atom. The minimum atomic E-state index is -1.59.